The van der Waals surface area contributed by atoms with Gasteiger partial charge in [-0.05, 0) is 26.9 Å². The van der Waals surface area contributed by atoms with Crippen LogP contribution in [0.2, 0.25) is 5.02 Å². The van der Waals surface area contributed by atoms with Gasteiger partial charge in [0.25, 0.3) is 0 Å². The molecule has 1 aromatic rings. The van der Waals surface area contributed by atoms with E-state index in [1.54, 1.807) is 6.20 Å². The number of halogens is 1. The van der Waals surface area contributed by atoms with Crippen molar-refractivity contribution in [2.24, 2.45) is 5.92 Å². The van der Waals surface area contributed by atoms with Crippen LogP contribution in [0.5, 0.6) is 0 Å². The molecule has 1 aliphatic rings. The number of nitrogens with zero attached hydrogens (tertiary/aromatic N) is 4. The van der Waals surface area contributed by atoms with Gasteiger partial charge >= 0.3 is 0 Å². The second kappa shape index (κ2) is 5.92. The lowest BCUT2D eigenvalue weighted by molar-refractivity contribution is 0.266. The molecule has 1 aromatic heterocycles. The first-order chi connectivity index (χ1) is 9.02. The van der Waals surface area contributed by atoms with E-state index in [-0.39, 0.29) is 0 Å². The fraction of sp³-hybridized carbons (Fsp3) is 0.692. The second-order valence-electron chi connectivity index (χ2n) is 5.31. The molecule has 2 unspecified atom stereocenters. The first kappa shape index (κ1) is 14.3. The zero-order chi connectivity index (χ0) is 14.0. The van der Waals surface area contributed by atoms with Crippen molar-refractivity contribution in [3.8, 4) is 0 Å². The van der Waals surface area contributed by atoms with Crippen LogP contribution in [-0.4, -0.2) is 54.6 Å². The highest BCUT2D eigenvalue weighted by molar-refractivity contribution is 6.32. The molecule has 1 saturated heterocycles. The van der Waals surface area contributed by atoms with Gasteiger partial charge in [0.1, 0.15) is 5.02 Å². The SMILES string of the molecule is CCNc1ncc(Cl)c(N2CC(C)C(N(C)C)C2)n1. The number of hydrogen-bond acceptors (Lipinski definition) is 5. The van der Waals surface area contributed by atoms with Crippen LogP contribution in [0.25, 0.3) is 0 Å². The Labute approximate surface area is 120 Å². The molecule has 0 saturated carbocycles. The molecule has 0 aromatic carbocycles. The normalized spacial score (nSPS) is 23.2. The Bertz CT molecular complexity index is 437. The molecule has 5 nitrogen and oxygen atoms in total. The molecule has 0 spiro atoms. The third-order valence-corrected chi connectivity index (χ3v) is 3.86. The summed E-state index contributed by atoms with van der Waals surface area (Å²) in [5.74, 6) is 2.08. The minimum absolute atomic E-state index is 0.536. The molecule has 0 bridgehead atoms. The second-order valence-corrected chi connectivity index (χ2v) is 5.72. The minimum Gasteiger partial charge on any atom is -0.354 e. The van der Waals surface area contributed by atoms with Gasteiger partial charge in [0, 0.05) is 25.7 Å². The van der Waals surface area contributed by atoms with Gasteiger partial charge in [-0.15, -0.1) is 0 Å². The van der Waals surface area contributed by atoms with Crippen LogP contribution >= 0.6 is 11.6 Å². The quantitative estimate of drug-likeness (QED) is 0.915. The van der Waals surface area contributed by atoms with E-state index in [2.05, 4.69) is 46.1 Å². The number of rotatable bonds is 4. The zero-order valence-electron chi connectivity index (χ0n) is 12.0. The predicted octanol–water partition coefficient (Wildman–Crippen LogP) is 1.95. The standard InChI is InChI=1S/C13H22ClN5/c1-5-15-13-16-6-10(14)12(17-13)19-7-9(2)11(8-19)18(3)4/h6,9,11H,5,7-8H2,1-4H3,(H,15,16,17). The summed E-state index contributed by atoms with van der Waals surface area (Å²) in [7, 11) is 4.24. The Hall–Kier alpha value is -1.07. The highest BCUT2D eigenvalue weighted by Crippen LogP contribution is 2.30. The van der Waals surface area contributed by atoms with E-state index in [0.29, 0.717) is 22.9 Å². The summed E-state index contributed by atoms with van der Waals surface area (Å²) in [6.07, 6.45) is 1.68. The monoisotopic (exact) mass is 283 g/mol. The van der Waals surface area contributed by atoms with Gasteiger partial charge in [0.15, 0.2) is 5.82 Å². The van der Waals surface area contributed by atoms with Crippen molar-refractivity contribution in [2.75, 3.05) is 43.9 Å². The van der Waals surface area contributed by atoms with Gasteiger partial charge in [0.05, 0.1) is 6.20 Å². The molecule has 2 heterocycles. The van der Waals surface area contributed by atoms with Gasteiger partial charge in [-0.2, -0.15) is 4.98 Å². The summed E-state index contributed by atoms with van der Waals surface area (Å²) in [5, 5.41) is 3.74. The smallest absolute Gasteiger partial charge is 0.224 e. The highest BCUT2D eigenvalue weighted by Gasteiger charge is 2.32. The van der Waals surface area contributed by atoms with E-state index >= 15 is 0 Å². The summed E-state index contributed by atoms with van der Waals surface area (Å²) in [6, 6.07) is 0.536. The van der Waals surface area contributed by atoms with E-state index in [9.17, 15) is 0 Å². The van der Waals surface area contributed by atoms with Crippen LogP contribution < -0.4 is 10.2 Å². The number of likely N-dealkylation sites (N-methyl/N-ethyl adjacent to an activating group) is 1. The fourth-order valence-corrected chi connectivity index (χ4v) is 2.83. The van der Waals surface area contributed by atoms with Crippen molar-refractivity contribution in [1.82, 2.24) is 14.9 Å². The topological polar surface area (TPSA) is 44.3 Å². The first-order valence-corrected chi connectivity index (χ1v) is 7.08. The minimum atomic E-state index is 0.536. The lowest BCUT2D eigenvalue weighted by Gasteiger charge is -2.23. The molecule has 106 valence electrons. The maximum Gasteiger partial charge on any atom is 0.224 e. The molecule has 0 aliphatic carbocycles. The van der Waals surface area contributed by atoms with Crippen molar-refractivity contribution < 1.29 is 0 Å². The Morgan fingerprint density at radius 2 is 2.21 bits per heavy atom. The molecule has 0 amide bonds. The van der Waals surface area contributed by atoms with Crippen LogP contribution in [0.1, 0.15) is 13.8 Å². The van der Waals surface area contributed by atoms with Crippen molar-refractivity contribution in [3.05, 3.63) is 11.2 Å². The van der Waals surface area contributed by atoms with Crippen LogP contribution in [0, 0.1) is 5.92 Å². The summed E-state index contributed by atoms with van der Waals surface area (Å²) in [5.41, 5.74) is 0. The molecule has 6 heteroatoms. The average Bonchev–Trinajstić information content (AvgIpc) is 2.74. The molecule has 1 aliphatic heterocycles. The maximum atomic E-state index is 6.24. The summed E-state index contributed by atoms with van der Waals surface area (Å²) in [4.78, 5) is 13.2. The fourth-order valence-electron chi connectivity index (χ4n) is 2.62. The summed E-state index contributed by atoms with van der Waals surface area (Å²) in [6.45, 7) is 7.03. The highest BCUT2D eigenvalue weighted by atomic mass is 35.5. The Balaban J connectivity index is 2.20. The predicted molar refractivity (Wildman–Crippen MR) is 80.1 cm³/mol. The van der Waals surface area contributed by atoms with E-state index < -0.39 is 0 Å². The third-order valence-electron chi connectivity index (χ3n) is 3.60. The Morgan fingerprint density at radius 1 is 1.47 bits per heavy atom. The lowest BCUT2D eigenvalue weighted by atomic mass is 10.1. The van der Waals surface area contributed by atoms with Crippen LogP contribution in [0.4, 0.5) is 11.8 Å². The number of aromatic nitrogens is 2. The van der Waals surface area contributed by atoms with E-state index in [0.717, 1.165) is 25.5 Å². The molecule has 1 N–H and O–H groups in total. The lowest BCUT2D eigenvalue weighted by Crippen LogP contribution is -2.34. The van der Waals surface area contributed by atoms with Crippen molar-refractivity contribution in [3.63, 3.8) is 0 Å². The number of nitrogens with one attached hydrogen (secondary N) is 1. The molecular weight excluding hydrogens is 262 g/mol. The van der Waals surface area contributed by atoms with Crippen molar-refractivity contribution in [1.29, 1.82) is 0 Å². The summed E-state index contributed by atoms with van der Waals surface area (Å²) >= 11 is 6.24. The third kappa shape index (κ3) is 3.09. The maximum absolute atomic E-state index is 6.24. The number of anilines is 2. The van der Waals surface area contributed by atoms with Crippen molar-refractivity contribution in [2.45, 2.75) is 19.9 Å². The summed E-state index contributed by atoms with van der Waals surface area (Å²) < 4.78 is 0. The first-order valence-electron chi connectivity index (χ1n) is 6.70. The van der Waals surface area contributed by atoms with E-state index in [4.69, 9.17) is 11.6 Å². The molecule has 2 rings (SSSR count). The van der Waals surface area contributed by atoms with Gasteiger partial charge < -0.3 is 15.1 Å². The average molecular weight is 284 g/mol. The molecule has 2 atom stereocenters. The van der Waals surface area contributed by atoms with Crippen LogP contribution in [0.15, 0.2) is 6.20 Å². The van der Waals surface area contributed by atoms with Crippen molar-refractivity contribution >= 4 is 23.4 Å². The van der Waals surface area contributed by atoms with E-state index in [1.165, 1.54) is 0 Å². The van der Waals surface area contributed by atoms with Gasteiger partial charge in [-0.1, -0.05) is 18.5 Å². The Morgan fingerprint density at radius 3 is 2.79 bits per heavy atom. The molecular formula is C13H22ClN5. The molecule has 1 fully saturated rings. The van der Waals surface area contributed by atoms with Crippen LogP contribution in [-0.2, 0) is 0 Å². The van der Waals surface area contributed by atoms with Crippen LogP contribution in [0.3, 0.4) is 0 Å². The Kier molecular flexibility index (Phi) is 4.47. The van der Waals surface area contributed by atoms with E-state index in [1.807, 2.05) is 6.92 Å². The zero-order valence-corrected chi connectivity index (χ0v) is 12.8. The molecule has 0 radical (unpaired) electrons. The number of hydrogen-bond donors (Lipinski definition) is 1. The van der Waals surface area contributed by atoms with Gasteiger partial charge in [-0.3, -0.25) is 0 Å². The largest absolute Gasteiger partial charge is 0.354 e. The van der Waals surface area contributed by atoms with Gasteiger partial charge in [-0.25, -0.2) is 4.98 Å². The van der Waals surface area contributed by atoms with Gasteiger partial charge in [0.2, 0.25) is 5.95 Å². The molecule has 19 heavy (non-hydrogen) atoms.